The van der Waals surface area contributed by atoms with Crippen molar-refractivity contribution in [2.24, 2.45) is 28.6 Å². The molecule has 1 N–H and O–H groups in total. The lowest BCUT2D eigenvalue weighted by atomic mass is 9.46. The van der Waals surface area contributed by atoms with Crippen molar-refractivity contribution in [2.45, 2.75) is 77.7 Å². The highest BCUT2D eigenvalue weighted by molar-refractivity contribution is 5.92. The van der Waals surface area contributed by atoms with Crippen LogP contribution in [0, 0.1) is 28.6 Å². The van der Waals surface area contributed by atoms with Gasteiger partial charge in [0.15, 0.2) is 12.4 Å². The van der Waals surface area contributed by atoms with E-state index >= 15 is 0 Å². The molecule has 0 bridgehead atoms. The molecule has 0 aromatic carbocycles. The molecule has 0 aliphatic heterocycles. The fourth-order valence-electron chi connectivity index (χ4n) is 7.32. The number of esters is 1. The van der Waals surface area contributed by atoms with Crippen LogP contribution in [-0.4, -0.2) is 34.9 Å². The molecule has 0 aromatic rings. The monoisotopic (exact) mass is 388 g/mol. The van der Waals surface area contributed by atoms with E-state index in [0.29, 0.717) is 30.6 Å². The highest BCUT2D eigenvalue weighted by atomic mass is 16.5. The Morgan fingerprint density at radius 1 is 1.11 bits per heavy atom. The van der Waals surface area contributed by atoms with Crippen LogP contribution in [0.3, 0.4) is 0 Å². The van der Waals surface area contributed by atoms with Crippen LogP contribution < -0.4 is 0 Å². The first-order valence-electron chi connectivity index (χ1n) is 10.7. The number of allylic oxidation sites excluding steroid dienone is 1. The van der Waals surface area contributed by atoms with E-state index in [1.807, 2.05) is 6.08 Å². The van der Waals surface area contributed by atoms with E-state index in [0.717, 1.165) is 38.5 Å². The summed E-state index contributed by atoms with van der Waals surface area (Å²) >= 11 is 0. The Hall–Kier alpha value is -1.49. The maximum absolute atomic E-state index is 12.8. The molecule has 6 atom stereocenters. The maximum Gasteiger partial charge on any atom is 0.303 e. The summed E-state index contributed by atoms with van der Waals surface area (Å²) in [7, 11) is 0. The maximum atomic E-state index is 12.8. The SMILES string of the molecule is CC(=O)OCC(=O)[C@@]1(O)CCC2C3CCC4=CC(=O)CCC4(C)C3CCC21C. The van der Waals surface area contributed by atoms with Gasteiger partial charge in [-0.2, -0.15) is 0 Å². The van der Waals surface area contributed by atoms with Crippen LogP contribution >= 0.6 is 0 Å². The first kappa shape index (κ1) is 19.8. The van der Waals surface area contributed by atoms with Crippen LogP contribution in [0.1, 0.15) is 72.1 Å². The fraction of sp³-hybridized carbons (Fsp3) is 0.783. The zero-order valence-corrected chi connectivity index (χ0v) is 17.3. The van der Waals surface area contributed by atoms with Gasteiger partial charge in [-0.05, 0) is 74.2 Å². The zero-order valence-electron chi connectivity index (χ0n) is 17.3. The van der Waals surface area contributed by atoms with Crippen molar-refractivity contribution in [1.29, 1.82) is 0 Å². The van der Waals surface area contributed by atoms with Crippen LogP contribution in [0.15, 0.2) is 11.6 Å². The number of hydrogen-bond acceptors (Lipinski definition) is 5. The summed E-state index contributed by atoms with van der Waals surface area (Å²) < 4.78 is 4.92. The van der Waals surface area contributed by atoms with Crippen molar-refractivity contribution >= 4 is 17.5 Å². The lowest BCUT2D eigenvalue weighted by Gasteiger charge is -2.58. The normalized spacial score (nSPS) is 44.8. The predicted octanol–water partition coefficient (Wildman–Crippen LogP) is 3.38. The molecule has 0 heterocycles. The Balaban J connectivity index is 1.60. The van der Waals surface area contributed by atoms with Crippen LogP contribution in [0.2, 0.25) is 0 Å². The second-order valence-corrected chi connectivity index (χ2v) is 10.0. The van der Waals surface area contributed by atoms with Gasteiger partial charge in [0.25, 0.3) is 0 Å². The van der Waals surface area contributed by atoms with E-state index in [2.05, 4.69) is 13.8 Å². The summed E-state index contributed by atoms with van der Waals surface area (Å²) in [6, 6.07) is 0. The lowest BCUT2D eigenvalue weighted by Crippen LogP contribution is -2.58. The Bertz CT molecular complexity index is 754. The van der Waals surface area contributed by atoms with Gasteiger partial charge in [-0.15, -0.1) is 0 Å². The molecule has 5 nitrogen and oxygen atoms in total. The molecule has 4 rings (SSSR count). The highest BCUT2D eigenvalue weighted by Crippen LogP contribution is 2.67. The molecule has 5 heteroatoms. The third-order valence-electron chi connectivity index (χ3n) is 8.98. The van der Waals surface area contributed by atoms with Crippen molar-refractivity contribution in [3.63, 3.8) is 0 Å². The van der Waals surface area contributed by atoms with Crippen molar-refractivity contribution in [3.05, 3.63) is 11.6 Å². The predicted molar refractivity (Wildman–Crippen MR) is 103 cm³/mol. The minimum absolute atomic E-state index is 0.0839. The molecule has 3 saturated carbocycles. The van der Waals surface area contributed by atoms with Gasteiger partial charge in [0.05, 0.1) is 0 Å². The summed E-state index contributed by atoms with van der Waals surface area (Å²) in [5, 5.41) is 11.5. The summed E-state index contributed by atoms with van der Waals surface area (Å²) in [5.41, 5.74) is -0.459. The van der Waals surface area contributed by atoms with Gasteiger partial charge in [-0.25, -0.2) is 0 Å². The standard InChI is InChI=1S/C23H32O5/c1-14(24)28-13-20(26)23(27)11-8-19-17-5-4-15-12-16(25)6-9-21(15,2)18(17)7-10-22(19,23)3/h12,17-19,27H,4-11,13H2,1-3H3/t17?,18?,19?,21?,22?,23-/m0/s1. The first-order valence-corrected chi connectivity index (χ1v) is 10.7. The molecule has 0 amide bonds. The molecule has 3 fully saturated rings. The summed E-state index contributed by atoms with van der Waals surface area (Å²) in [4.78, 5) is 35.9. The lowest BCUT2D eigenvalue weighted by molar-refractivity contribution is -0.169. The number of carbonyl (C=O) groups excluding carboxylic acids is 3. The van der Waals surface area contributed by atoms with Crippen molar-refractivity contribution in [3.8, 4) is 0 Å². The number of Topliss-reactive ketones (excluding diaryl/α,β-unsaturated/α-hetero) is 1. The van der Waals surface area contributed by atoms with Crippen LogP contribution in [0.4, 0.5) is 0 Å². The van der Waals surface area contributed by atoms with Gasteiger partial charge in [0.2, 0.25) is 5.78 Å². The van der Waals surface area contributed by atoms with Crippen LogP contribution in [0.5, 0.6) is 0 Å². The van der Waals surface area contributed by atoms with Gasteiger partial charge in [0, 0.05) is 18.8 Å². The third-order valence-corrected chi connectivity index (χ3v) is 8.98. The first-order chi connectivity index (χ1) is 13.1. The van der Waals surface area contributed by atoms with Gasteiger partial charge in [-0.3, -0.25) is 14.4 Å². The number of ether oxygens (including phenoxy) is 1. The van der Waals surface area contributed by atoms with E-state index < -0.39 is 17.0 Å². The van der Waals surface area contributed by atoms with E-state index in [1.165, 1.54) is 12.5 Å². The van der Waals surface area contributed by atoms with E-state index in [-0.39, 0.29) is 23.6 Å². The van der Waals surface area contributed by atoms with E-state index in [4.69, 9.17) is 4.74 Å². The average molecular weight is 389 g/mol. The molecule has 0 saturated heterocycles. The number of ketones is 2. The second-order valence-electron chi connectivity index (χ2n) is 10.0. The molecule has 5 unspecified atom stereocenters. The third kappa shape index (κ3) is 2.65. The largest absolute Gasteiger partial charge is 0.458 e. The minimum atomic E-state index is -1.41. The average Bonchev–Trinajstić information content (AvgIpc) is 2.92. The smallest absolute Gasteiger partial charge is 0.303 e. The molecule has 4 aliphatic rings. The van der Waals surface area contributed by atoms with Crippen molar-refractivity contribution < 1.29 is 24.2 Å². The number of carbonyl (C=O) groups is 3. The zero-order chi connectivity index (χ0) is 20.3. The molecule has 0 spiro atoms. The molecule has 4 aliphatic carbocycles. The molecule has 0 radical (unpaired) electrons. The van der Waals surface area contributed by atoms with Gasteiger partial charge >= 0.3 is 5.97 Å². The number of rotatable bonds is 3. The quantitative estimate of drug-likeness (QED) is 0.750. The summed E-state index contributed by atoms with van der Waals surface area (Å²) in [5.74, 6) is 0.712. The second kappa shape index (κ2) is 6.51. The van der Waals surface area contributed by atoms with E-state index in [1.54, 1.807) is 0 Å². The van der Waals surface area contributed by atoms with Crippen molar-refractivity contribution in [2.75, 3.05) is 6.61 Å². The summed E-state index contributed by atoms with van der Waals surface area (Å²) in [6.45, 7) is 5.35. The topological polar surface area (TPSA) is 80.7 Å². The highest BCUT2D eigenvalue weighted by Gasteiger charge is 2.66. The molecule has 28 heavy (non-hydrogen) atoms. The number of fused-ring (bicyclic) bond motifs is 5. The Labute approximate surface area is 166 Å². The van der Waals surface area contributed by atoms with Gasteiger partial charge in [-0.1, -0.05) is 19.4 Å². The van der Waals surface area contributed by atoms with Gasteiger partial charge < -0.3 is 9.84 Å². The van der Waals surface area contributed by atoms with Crippen LogP contribution in [0.25, 0.3) is 0 Å². The summed E-state index contributed by atoms with van der Waals surface area (Å²) in [6.07, 6.45) is 8.53. The Kier molecular flexibility index (Phi) is 4.61. The Morgan fingerprint density at radius 3 is 2.54 bits per heavy atom. The number of hydrogen-bond donors (Lipinski definition) is 1. The molecular formula is C23H32O5. The van der Waals surface area contributed by atoms with Crippen molar-refractivity contribution in [1.82, 2.24) is 0 Å². The van der Waals surface area contributed by atoms with E-state index in [9.17, 15) is 19.5 Å². The number of aliphatic hydroxyl groups is 1. The molecule has 0 aromatic heterocycles. The Morgan fingerprint density at radius 2 is 1.82 bits per heavy atom. The fourth-order valence-corrected chi connectivity index (χ4v) is 7.32. The minimum Gasteiger partial charge on any atom is -0.458 e. The van der Waals surface area contributed by atoms with Crippen LogP contribution in [-0.2, 0) is 19.1 Å². The molecular weight excluding hydrogens is 356 g/mol. The van der Waals surface area contributed by atoms with Gasteiger partial charge in [0.1, 0.15) is 5.60 Å². The molecule has 154 valence electrons.